The number of esters is 1. The lowest BCUT2D eigenvalue weighted by Crippen LogP contribution is -2.55. The van der Waals surface area contributed by atoms with Gasteiger partial charge in [0.15, 0.2) is 6.23 Å². The first kappa shape index (κ1) is 20.8. The third-order valence-electron chi connectivity index (χ3n) is 6.89. The van der Waals surface area contributed by atoms with Crippen molar-refractivity contribution in [1.29, 1.82) is 0 Å². The molecule has 0 aromatic rings. The molecule has 0 spiro atoms. The predicted octanol–water partition coefficient (Wildman–Crippen LogP) is -0.276. The molecule has 3 aliphatic heterocycles. The van der Waals surface area contributed by atoms with Gasteiger partial charge in [0.2, 0.25) is 0 Å². The molecule has 0 radical (unpaired) electrons. The fraction of sp³-hybridized carbons (Fsp3) is 0.900. The van der Waals surface area contributed by atoms with Gasteiger partial charge in [-0.3, -0.25) is 19.5 Å². The number of likely N-dealkylation sites (N-methyl/N-ethyl adjacent to an activating group) is 1. The zero-order valence-electron chi connectivity index (χ0n) is 17.8. The molecule has 1 saturated carbocycles. The minimum atomic E-state index is -0.226. The van der Waals surface area contributed by atoms with Crippen LogP contribution < -0.4 is 0 Å². The highest BCUT2D eigenvalue weighted by Gasteiger charge is 2.43. The molecule has 164 valence electrons. The fourth-order valence-corrected chi connectivity index (χ4v) is 4.78. The average Bonchev–Trinajstić information content (AvgIpc) is 3.55. The quantitative estimate of drug-likeness (QED) is 0.532. The molecule has 9 nitrogen and oxygen atoms in total. The van der Waals surface area contributed by atoms with Gasteiger partial charge in [-0.15, -0.1) is 0 Å². The Morgan fingerprint density at radius 2 is 1.62 bits per heavy atom. The number of hydrogen-bond acceptors (Lipinski definition) is 8. The van der Waals surface area contributed by atoms with Crippen molar-refractivity contribution in [3.8, 4) is 0 Å². The Labute approximate surface area is 173 Å². The summed E-state index contributed by atoms with van der Waals surface area (Å²) in [5.41, 5.74) is 0. The van der Waals surface area contributed by atoms with E-state index in [4.69, 9.17) is 9.47 Å². The molecule has 4 fully saturated rings. The number of ether oxygens (including phenoxy) is 2. The van der Waals surface area contributed by atoms with Gasteiger partial charge in [0.1, 0.15) is 0 Å². The van der Waals surface area contributed by atoms with Crippen molar-refractivity contribution < 1.29 is 19.1 Å². The van der Waals surface area contributed by atoms with Gasteiger partial charge in [-0.2, -0.15) is 0 Å². The van der Waals surface area contributed by atoms with Crippen LogP contribution in [-0.2, 0) is 14.3 Å². The van der Waals surface area contributed by atoms with E-state index in [-0.39, 0.29) is 24.3 Å². The Balaban J connectivity index is 1.25. The van der Waals surface area contributed by atoms with Gasteiger partial charge in [-0.1, -0.05) is 0 Å². The van der Waals surface area contributed by atoms with Gasteiger partial charge < -0.3 is 19.3 Å². The van der Waals surface area contributed by atoms with Crippen molar-refractivity contribution >= 4 is 12.1 Å². The molecule has 9 heteroatoms. The normalized spacial score (nSPS) is 30.6. The average molecular weight is 410 g/mol. The lowest BCUT2D eigenvalue weighted by molar-refractivity contribution is -0.142. The van der Waals surface area contributed by atoms with E-state index < -0.39 is 0 Å². The number of cyclic esters (lactones) is 1. The maximum Gasteiger partial charge on any atom is 0.411 e. The van der Waals surface area contributed by atoms with Gasteiger partial charge in [0.05, 0.1) is 19.7 Å². The third-order valence-corrected chi connectivity index (χ3v) is 6.89. The summed E-state index contributed by atoms with van der Waals surface area (Å²) in [6.45, 7) is 9.06. The largest absolute Gasteiger partial charge is 0.468 e. The van der Waals surface area contributed by atoms with E-state index in [1.807, 2.05) is 7.05 Å². The minimum Gasteiger partial charge on any atom is -0.468 e. The van der Waals surface area contributed by atoms with Crippen molar-refractivity contribution in [2.24, 2.45) is 0 Å². The summed E-state index contributed by atoms with van der Waals surface area (Å²) in [6.07, 6.45) is 3.26. The predicted molar refractivity (Wildman–Crippen MR) is 108 cm³/mol. The van der Waals surface area contributed by atoms with Crippen LogP contribution in [0.1, 0.15) is 19.3 Å². The Morgan fingerprint density at radius 1 is 1.00 bits per heavy atom. The molecule has 1 aliphatic carbocycles. The summed E-state index contributed by atoms with van der Waals surface area (Å²) < 4.78 is 10.5. The van der Waals surface area contributed by atoms with Crippen molar-refractivity contribution in [2.75, 3.05) is 79.6 Å². The van der Waals surface area contributed by atoms with Crippen LogP contribution in [0.5, 0.6) is 0 Å². The Bertz CT molecular complexity index is 585. The van der Waals surface area contributed by atoms with E-state index >= 15 is 0 Å². The number of rotatable bonds is 7. The van der Waals surface area contributed by atoms with E-state index in [9.17, 15) is 9.59 Å². The monoisotopic (exact) mass is 409 g/mol. The standard InChI is InChI=1S/C20H35N5O4/c1-21-17(5-6-22-7-11-24(12-8-22)16-3-4-16)19(29-20(21)27)25-13-9-23(10-14-25)15-18(26)28-2/h16-17,19H,3-15H2,1-2H3. The molecule has 4 rings (SSSR count). The first-order valence-corrected chi connectivity index (χ1v) is 11.0. The molecular formula is C20H35N5O4. The van der Waals surface area contributed by atoms with Crippen LogP contribution in [0.3, 0.4) is 0 Å². The van der Waals surface area contributed by atoms with Crippen molar-refractivity contribution in [3.63, 3.8) is 0 Å². The van der Waals surface area contributed by atoms with Crippen LogP contribution in [0.4, 0.5) is 4.79 Å². The zero-order valence-corrected chi connectivity index (χ0v) is 17.8. The topological polar surface area (TPSA) is 68.8 Å². The van der Waals surface area contributed by atoms with E-state index in [0.29, 0.717) is 6.54 Å². The molecule has 0 aromatic carbocycles. The second kappa shape index (κ2) is 9.16. The maximum atomic E-state index is 12.2. The summed E-state index contributed by atoms with van der Waals surface area (Å²) in [4.78, 5) is 35.0. The lowest BCUT2D eigenvalue weighted by atomic mass is 10.1. The SMILES string of the molecule is COC(=O)CN1CCN(C2OC(=O)N(C)C2CCN2CCN(C3CC3)CC2)CC1. The van der Waals surface area contributed by atoms with Crippen molar-refractivity contribution in [3.05, 3.63) is 0 Å². The zero-order chi connectivity index (χ0) is 20.4. The summed E-state index contributed by atoms with van der Waals surface area (Å²) in [7, 11) is 3.27. The molecule has 2 atom stereocenters. The minimum absolute atomic E-state index is 0.0797. The van der Waals surface area contributed by atoms with Crippen LogP contribution in [0.15, 0.2) is 0 Å². The molecule has 29 heavy (non-hydrogen) atoms. The van der Waals surface area contributed by atoms with Crippen LogP contribution in [0.2, 0.25) is 0 Å². The molecule has 0 bridgehead atoms. The number of carbonyl (C=O) groups is 2. The first-order valence-electron chi connectivity index (χ1n) is 11.0. The molecule has 0 aromatic heterocycles. The lowest BCUT2D eigenvalue weighted by Gasteiger charge is -2.39. The van der Waals surface area contributed by atoms with Gasteiger partial charge in [-0.05, 0) is 19.3 Å². The second-order valence-electron chi connectivity index (χ2n) is 8.74. The molecule has 2 unspecified atom stereocenters. The van der Waals surface area contributed by atoms with Gasteiger partial charge in [-0.25, -0.2) is 4.79 Å². The van der Waals surface area contributed by atoms with E-state index in [1.165, 1.54) is 33.0 Å². The van der Waals surface area contributed by atoms with Crippen LogP contribution in [0, 0.1) is 0 Å². The first-order chi connectivity index (χ1) is 14.0. The maximum absolute atomic E-state index is 12.2. The van der Waals surface area contributed by atoms with Crippen LogP contribution >= 0.6 is 0 Å². The number of nitrogens with zero attached hydrogens (tertiary/aromatic N) is 5. The molecule has 3 heterocycles. The van der Waals surface area contributed by atoms with Gasteiger partial charge in [0.25, 0.3) is 0 Å². The molecular weight excluding hydrogens is 374 g/mol. The highest BCUT2D eigenvalue weighted by Crippen LogP contribution is 2.28. The van der Waals surface area contributed by atoms with E-state index in [1.54, 1.807) is 4.90 Å². The summed E-state index contributed by atoms with van der Waals surface area (Å²) in [5, 5.41) is 0. The summed E-state index contributed by atoms with van der Waals surface area (Å²) in [6, 6.07) is 0.933. The van der Waals surface area contributed by atoms with Gasteiger partial charge in [0, 0.05) is 72.0 Å². The fourth-order valence-electron chi connectivity index (χ4n) is 4.78. The van der Waals surface area contributed by atoms with Crippen molar-refractivity contribution in [2.45, 2.75) is 37.6 Å². The molecule has 3 saturated heterocycles. The Morgan fingerprint density at radius 3 is 2.24 bits per heavy atom. The molecule has 1 amide bonds. The van der Waals surface area contributed by atoms with Crippen molar-refractivity contribution in [1.82, 2.24) is 24.5 Å². The second-order valence-corrected chi connectivity index (χ2v) is 8.74. The number of hydrogen-bond donors (Lipinski definition) is 0. The number of amides is 1. The van der Waals surface area contributed by atoms with Gasteiger partial charge >= 0.3 is 12.1 Å². The highest BCUT2D eigenvalue weighted by molar-refractivity contribution is 5.71. The smallest absolute Gasteiger partial charge is 0.411 e. The van der Waals surface area contributed by atoms with Crippen LogP contribution in [0.25, 0.3) is 0 Å². The number of piperazine rings is 2. The highest BCUT2D eigenvalue weighted by atomic mass is 16.6. The van der Waals surface area contributed by atoms with Crippen LogP contribution in [-0.4, -0.2) is 134 Å². The molecule has 0 N–H and O–H groups in total. The van der Waals surface area contributed by atoms with E-state index in [0.717, 1.165) is 58.3 Å². The number of carbonyl (C=O) groups excluding carboxylic acids is 2. The number of methoxy groups -OCH3 is 1. The Hall–Kier alpha value is -1.42. The summed E-state index contributed by atoms with van der Waals surface area (Å²) in [5.74, 6) is -0.204. The van der Waals surface area contributed by atoms with E-state index in [2.05, 4.69) is 19.6 Å². The third kappa shape index (κ3) is 5.02. The molecule has 4 aliphatic rings. The summed E-state index contributed by atoms with van der Waals surface area (Å²) >= 11 is 0. The Kier molecular flexibility index (Phi) is 6.58.